The van der Waals surface area contributed by atoms with Crippen molar-refractivity contribution >= 4 is 56.6 Å². The number of rotatable bonds is 1. The van der Waals surface area contributed by atoms with Gasteiger partial charge >= 0.3 is 0 Å². The Morgan fingerprint density at radius 3 is 2.85 bits per heavy atom. The summed E-state index contributed by atoms with van der Waals surface area (Å²) in [6.45, 7) is 0. The van der Waals surface area contributed by atoms with Crippen molar-refractivity contribution in [3.05, 3.63) is 21.8 Å². The Labute approximate surface area is 99.6 Å². The van der Waals surface area contributed by atoms with Crippen LogP contribution in [0.3, 0.4) is 0 Å². The molecule has 0 amide bonds. The van der Waals surface area contributed by atoms with Gasteiger partial charge < -0.3 is 4.74 Å². The summed E-state index contributed by atoms with van der Waals surface area (Å²) in [6.07, 6.45) is 0. The second kappa shape index (κ2) is 3.67. The lowest BCUT2D eigenvalue weighted by Crippen LogP contribution is -1.83. The van der Waals surface area contributed by atoms with E-state index in [1.165, 1.54) is 8.27 Å². The van der Waals surface area contributed by atoms with Gasteiger partial charge in [-0.15, -0.1) is 24.0 Å². The minimum Gasteiger partial charge on any atom is -0.496 e. The molecule has 0 N–H and O–H groups in total. The molecule has 1 heterocycles. The highest BCUT2D eigenvalue weighted by Gasteiger charge is 2.06. The van der Waals surface area contributed by atoms with Crippen LogP contribution in [0.2, 0.25) is 0 Å². The summed E-state index contributed by atoms with van der Waals surface area (Å²) in [5.41, 5.74) is 0. The molecule has 0 fully saturated rings. The van der Waals surface area contributed by atoms with Crippen LogP contribution < -0.4 is 4.74 Å². The maximum atomic E-state index is 5.29. The lowest BCUT2D eigenvalue weighted by atomic mass is 10.2. The van der Waals surface area contributed by atoms with E-state index in [-0.39, 0.29) is 0 Å². The van der Waals surface area contributed by atoms with Crippen LogP contribution >= 0.6 is 46.6 Å². The fourth-order valence-electron chi connectivity index (χ4n) is 1.23. The number of methoxy groups -OCH3 is 1. The van der Waals surface area contributed by atoms with Crippen molar-refractivity contribution in [1.82, 2.24) is 0 Å². The molecule has 2 rings (SSSR count). The first-order valence-electron chi connectivity index (χ1n) is 3.67. The van der Waals surface area contributed by atoms with E-state index in [0.29, 0.717) is 0 Å². The zero-order chi connectivity index (χ0) is 9.42. The molecule has 1 aromatic heterocycles. The first-order chi connectivity index (χ1) is 6.20. The molecule has 0 spiro atoms. The van der Waals surface area contributed by atoms with Gasteiger partial charge in [-0.25, -0.2) is 0 Å². The molecule has 0 radical (unpaired) electrons. The third-order valence-corrected chi connectivity index (χ3v) is 3.68. The van der Waals surface area contributed by atoms with E-state index in [2.05, 4.69) is 41.3 Å². The van der Waals surface area contributed by atoms with E-state index in [1.54, 1.807) is 18.4 Å². The molecule has 0 saturated carbocycles. The molecule has 1 aromatic carbocycles. The highest BCUT2D eigenvalue weighted by atomic mass is 127. The van der Waals surface area contributed by atoms with Crippen LogP contribution in [0.4, 0.5) is 0 Å². The van der Waals surface area contributed by atoms with E-state index < -0.39 is 0 Å². The molecule has 0 aliphatic carbocycles. The lowest BCUT2D eigenvalue weighted by molar-refractivity contribution is 0.419. The number of ether oxygens (including phenoxy) is 1. The van der Waals surface area contributed by atoms with Crippen molar-refractivity contribution in [2.75, 3.05) is 7.11 Å². The average molecular weight is 322 g/mol. The topological polar surface area (TPSA) is 9.23 Å². The number of fused-ring (bicyclic) bond motifs is 1. The highest BCUT2D eigenvalue weighted by Crippen LogP contribution is 2.35. The summed E-state index contributed by atoms with van der Waals surface area (Å²) in [5, 5.41) is 1.15. The van der Waals surface area contributed by atoms with Crippen molar-refractivity contribution in [3.8, 4) is 5.75 Å². The summed E-state index contributed by atoms with van der Waals surface area (Å²) in [4.78, 5) is 0. The highest BCUT2D eigenvalue weighted by molar-refractivity contribution is 14.1. The minimum atomic E-state index is 0.929. The monoisotopic (exact) mass is 322 g/mol. The summed E-state index contributed by atoms with van der Waals surface area (Å²) in [7, 11) is 1.70. The van der Waals surface area contributed by atoms with Gasteiger partial charge in [0.05, 0.1) is 11.3 Å². The van der Waals surface area contributed by atoms with Crippen molar-refractivity contribution in [1.29, 1.82) is 0 Å². The zero-order valence-corrected chi connectivity index (χ0v) is 10.7. The number of thiophene rings is 1. The quantitative estimate of drug-likeness (QED) is 0.621. The minimum absolute atomic E-state index is 0.929. The van der Waals surface area contributed by atoms with Gasteiger partial charge in [-0.05, 0) is 40.8 Å². The molecule has 13 heavy (non-hydrogen) atoms. The number of halogens is 1. The first kappa shape index (κ1) is 9.61. The van der Waals surface area contributed by atoms with E-state index in [1.807, 2.05) is 12.1 Å². The first-order valence-corrected chi connectivity index (χ1v) is 6.01. The van der Waals surface area contributed by atoms with Crippen molar-refractivity contribution in [2.24, 2.45) is 0 Å². The Bertz CT molecular complexity index is 450. The normalized spacial score (nSPS) is 10.7. The van der Waals surface area contributed by atoms with Crippen LogP contribution in [0, 0.1) is 3.57 Å². The van der Waals surface area contributed by atoms with Gasteiger partial charge in [0.15, 0.2) is 0 Å². The van der Waals surface area contributed by atoms with Crippen LogP contribution in [0.15, 0.2) is 22.4 Å². The van der Waals surface area contributed by atoms with Gasteiger partial charge in [0.2, 0.25) is 0 Å². The second-order valence-electron chi connectivity index (χ2n) is 2.60. The number of hydrogen-bond donors (Lipinski definition) is 1. The number of thiol groups is 1. The van der Waals surface area contributed by atoms with Gasteiger partial charge in [-0.2, -0.15) is 0 Å². The average Bonchev–Trinajstić information content (AvgIpc) is 2.43. The Morgan fingerprint density at radius 2 is 2.15 bits per heavy atom. The molecule has 1 nitrogen and oxygen atoms in total. The van der Waals surface area contributed by atoms with Gasteiger partial charge in [0, 0.05) is 13.7 Å². The van der Waals surface area contributed by atoms with Crippen LogP contribution in [0.25, 0.3) is 10.1 Å². The molecule has 4 heteroatoms. The van der Waals surface area contributed by atoms with Crippen LogP contribution in [0.1, 0.15) is 0 Å². The summed E-state index contributed by atoms with van der Waals surface area (Å²) in [5.74, 6) is 0.929. The molecule has 0 unspecified atom stereocenters. The van der Waals surface area contributed by atoms with Crippen molar-refractivity contribution in [2.45, 2.75) is 4.21 Å². The van der Waals surface area contributed by atoms with Crippen LogP contribution in [-0.4, -0.2) is 7.11 Å². The van der Waals surface area contributed by atoms with Gasteiger partial charge in [-0.3, -0.25) is 0 Å². The fraction of sp³-hybridized carbons (Fsp3) is 0.111. The Hall–Kier alpha value is 0.0600. The molecule has 0 aliphatic rings. The van der Waals surface area contributed by atoms with Crippen LogP contribution in [0.5, 0.6) is 5.75 Å². The third kappa shape index (κ3) is 1.80. The molecular formula is C9H7IOS2. The SMILES string of the molecule is COc1cc(I)cc2sc(S)cc12. The Balaban J connectivity index is 2.80. The van der Waals surface area contributed by atoms with E-state index in [9.17, 15) is 0 Å². The molecule has 0 saturated heterocycles. The smallest absolute Gasteiger partial charge is 0.128 e. The molecular weight excluding hydrogens is 315 g/mol. The van der Waals surface area contributed by atoms with E-state index in [4.69, 9.17) is 4.74 Å². The predicted molar refractivity (Wildman–Crippen MR) is 68.3 cm³/mol. The molecule has 68 valence electrons. The van der Waals surface area contributed by atoms with Crippen molar-refractivity contribution < 1.29 is 4.74 Å². The van der Waals surface area contributed by atoms with Gasteiger partial charge in [0.25, 0.3) is 0 Å². The van der Waals surface area contributed by atoms with Crippen LogP contribution in [-0.2, 0) is 0 Å². The van der Waals surface area contributed by atoms with Gasteiger partial charge in [-0.1, -0.05) is 0 Å². The lowest BCUT2D eigenvalue weighted by Gasteiger charge is -2.01. The zero-order valence-electron chi connectivity index (χ0n) is 6.87. The molecule has 0 aliphatic heterocycles. The standard InChI is InChI=1S/C9H7IOS2/c1-11-7-2-5(10)3-8-6(7)4-9(12)13-8/h2-4,12H,1H3. The largest absolute Gasteiger partial charge is 0.496 e. The third-order valence-electron chi connectivity index (χ3n) is 1.77. The Morgan fingerprint density at radius 1 is 1.38 bits per heavy atom. The summed E-state index contributed by atoms with van der Waals surface area (Å²) >= 11 is 8.29. The van der Waals surface area contributed by atoms with Crippen molar-refractivity contribution in [3.63, 3.8) is 0 Å². The fourth-order valence-corrected chi connectivity index (χ4v) is 3.32. The predicted octanol–water partition coefficient (Wildman–Crippen LogP) is 3.80. The summed E-state index contributed by atoms with van der Waals surface area (Å²) < 4.78 is 8.74. The molecule has 0 bridgehead atoms. The van der Waals surface area contributed by atoms with E-state index >= 15 is 0 Å². The maximum Gasteiger partial charge on any atom is 0.128 e. The van der Waals surface area contributed by atoms with E-state index in [0.717, 1.165) is 15.3 Å². The van der Waals surface area contributed by atoms with Gasteiger partial charge in [0.1, 0.15) is 5.75 Å². The number of benzene rings is 1. The second-order valence-corrected chi connectivity index (χ2v) is 5.72. The Kier molecular flexibility index (Phi) is 2.71. The molecule has 2 aromatic rings. The molecule has 0 atom stereocenters. The number of hydrogen-bond acceptors (Lipinski definition) is 3. The summed E-state index contributed by atoms with van der Waals surface area (Å²) in [6, 6.07) is 6.21. The maximum absolute atomic E-state index is 5.29.